The van der Waals surface area contributed by atoms with Crippen LogP contribution in [0, 0.1) is 11.7 Å². The molecular formula is C12H14F4N2. The third kappa shape index (κ3) is 2.68. The number of halogens is 4. The van der Waals surface area contributed by atoms with Crippen LogP contribution < -0.4 is 10.6 Å². The van der Waals surface area contributed by atoms with Crippen molar-refractivity contribution in [2.24, 2.45) is 5.92 Å². The van der Waals surface area contributed by atoms with Gasteiger partial charge in [-0.1, -0.05) is 0 Å². The molecule has 0 aliphatic carbocycles. The lowest BCUT2D eigenvalue weighted by molar-refractivity contribution is -0.179. The number of alkyl halides is 3. The maximum Gasteiger partial charge on any atom is 0.391 e. The van der Waals surface area contributed by atoms with Gasteiger partial charge in [0.15, 0.2) is 0 Å². The second-order valence-corrected chi connectivity index (χ2v) is 4.51. The van der Waals surface area contributed by atoms with Gasteiger partial charge >= 0.3 is 6.18 Å². The molecule has 0 saturated carbocycles. The first-order chi connectivity index (χ1) is 8.38. The minimum absolute atomic E-state index is 0.00224. The first-order valence-corrected chi connectivity index (χ1v) is 5.74. The summed E-state index contributed by atoms with van der Waals surface area (Å²) >= 11 is 0. The number of nitrogens with two attached hydrogens (primary N) is 1. The Balaban J connectivity index is 2.08. The Morgan fingerprint density at radius 2 is 1.78 bits per heavy atom. The minimum Gasteiger partial charge on any atom is -0.399 e. The Bertz CT molecular complexity index is 423. The fraction of sp³-hybridized carbons (Fsp3) is 0.500. The van der Waals surface area contributed by atoms with Gasteiger partial charge in [-0.25, -0.2) is 4.39 Å². The molecule has 0 atom stereocenters. The molecule has 1 heterocycles. The van der Waals surface area contributed by atoms with Gasteiger partial charge in [0.1, 0.15) is 5.82 Å². The van der Waals surface area contributed by atoms with Crippen LogP contribution in [-0.2, 0) is 0 Å². The van der Waals surface area contributed by atoms with Crippen molar-refractivity contribution in [3.05, 3.63) is 24.0 Å². The van der Waals surface area contributed by atoms with Crippen LogP contribution in [-0.4, -0.2) is 19.3 Å². The number of nitrogen functional groups attached to an aromatic ring is 1. The van der Waals surface area contributed by atoms with E-state index in [1.54, 1.807) is 4.90 Å². The second-order valence-electron chi connectivity index (χ2n) is 4.51. The van der Waals surface area contributed by atoms with E-state index < -0.39 is 17.9 Å². The number of benzene rings is 1. The molecule has 18 heavy (non-hydrogen) atoms. The molecule has 0 radical (unpaired) electrons. The number of rotatable bonds is 1. The molecule has 2 rings (SSSR count). The molecule has 1 aromatic carbocycles. The average Bonchev–Trinajstić information content (AvgIpc) is 2.31. The van der Waals surface area contributed by atoms with E-state index >= 15 is 0 Å². The van der Waals surface area contributed by atoms with Crippen LogP contribution in [0.4, 0.5) is 28.9 Å². The van der Waals surface area contributed by atoms with E-state index in [0.29, 0.717) is 5.69 Å². The Morgan fingerprint density at radius 1 is 1.17 bits per heavy atom. The topological polar surface area (TPSA) is 29.3 Å². The van der Waals surface area contributed by atoms with E-state index in [-0.39, 0.29) is 31.6 Å². The van der Waals surface area contributed by atoms with Crippen LogP contribution in [0.25, 0.3) is 0 Å². The first kappa shape index (κ1) is 13.0. The molecule has 6 heteroatoms. The summed E-state index contributed by atoms with van der Waals surface area (Å²) in [5.74, 6) is -1.73. The Morgan fingerprint density at radius 3 is 2.33 bits per heavy atom. The third-order valence-corrected chi connectivity index (χ3v) is 3.27. The van der Waals surface area contributed by atoms with E-state index in [9.17, 15) is 17.6 Å². The molecule has 0 aromatic heterocycles. The lowest BCUT2D eigenvalue weighted by Crippen LogP contribution is -2.39. The van der Waals surface area contributed by atoms with Crippen molar-refractivity contribution < 1.29 is 17.6 Å². The van der Waals surface area contributed by atoms with Gasteiger partial charge in [0.05, 0.1) is 11.6 Å². The highest BCUT2D eigenvalue weighted by Crippen LogP contribution is 2.36. The fourth-order valence-corrected chi connectivity index (χ4v) is 2.22. The van der Waals surface area contributed by atoms with Crippen molar-refractivity contribution in [3.63, 3.8) is 0 Å². The lowest BCUT2D eigenvalue weighted by atomic mass is 9.96. The summed E-state index contributed by atoms with van der Waals surface area (Å²) in [5.41, 5.74) is 6.25. The van der Waals surface area contributed by atoms with Gasteiger partial charge in [-0.05, 0) is 31.0 Å². The highest BCUT2D eigenvalue weighted by molar-refractivity contribution is 5.57. The maximum absolute atomic E-state index is 13.6. The summed E-state index contributed by atoms with van der Waals surface area (Å²) in [7, 11) is 0. The highest BCUT2D eigenvalue weighted by atomic mass is 19.4. The molecule has 1 aliphatic heterocycles. The Kier molecular flexibility index (Phi) is 3.36. The first-order valence-electron chi connectivity index (χ1n) is 5.74. The van der Waals surface area contributed by atoms with Crippen molar-refractivity contribution in [1.29, 1.82) is 0 Å². The zero-order valence-corrected chi connectivity index (χ0v) is 9.67. The van der Waals surface area contributed by atoms with Crippen LogP contribution in [0.15, 0.2) is 18.2 Å². The molecule has 0 unspecified atom stereocenters. The molecule has 0 spiro atoms. The van der Waals surface area contributed by atoms with Crippen molar-refractivity contribution in [2.45, 2.75) is 19.0 Å². The largest absolute Gasteiger partial charge is 0.399 e. The van der Waals surface area contributed by atoms with Crippen LogP contribution in [0.3, 0.4) is 0 Å². The van der Waals surface area contributed by atoms with Gasteiger partial charge in [0.25, 0.3) is 0 Å². The summed E-state index contributed by atoms with van der Waals surface area (Å²) in [6.45, 7) is 0.398. The number of hydrogen-bond acceptors (Lipinski definition) is 2. The maximum atomic E-state index is 13.6. The molecule has 1 aliphatic rings. The van der Waals surface area contributed by atoms with Gasteiger partial charge < -0.3 is 10.6 Å². The lowest BCUT2D eigenvalue weighted by Gasteiger charge is -2.34. The molecule has 2 nitrogen and oxygen atoms in total. The summed E-state index contributed by atoms with van der Waals surface area (Å²) < 4.78 is 51.1. The summed E-state index contributed by atoms with van der Waals surface area (Å²) in [6, 6.07) is 4.13. The predicted octanol–water partition coefficient (Wildman–Crippen LogP) is 3.19. The van der Waals surface area contributed by atoms with Crippen molar-refractivity contribution in [3.8, 4) is 0 Å². The summed E-state index contributed by atoms with van der Waals surface area (Å²) in [5, 5.41) is 0. The monoisotopic (exact) mass is 262 g/mol. The quantitative estimate of drug-likeness (QED) is 0.622. The van der Waals surface area contributed by atoms with E-state index in [1.807, 2.05) is 0 Å². The van der Waals surface area contributed by atoms with Crippen molar-refractivity contribution in [2.75, 3.05) is 23.7 Å². The van der Waals surface area contributed by atoms with Gasteiger partial charge in [-0.3, -0.25) is 0 Å². The molecule has 0 bridgehead atoms. The minimum atomic E-state index is -4.15. The number of hydrogen-bond donors (Lipinski definition) is 1. The predicted molar refractivity (Wildman–Crippen MR) is 61.8 cm³/mol. The average molecular weight is 262 g/mol. The molecule has 2 N–H and O–H groups in total. The van der Waals surface area contributed by atoms with E-state index in [2.05, 4.69) is 0 Å². The van der Waals surface area contributed by atoms with Gasteiger partial charge in [-0.15, -0.1) is 0 Å². The van der Waals surface area contributed by atoms with Crippen LogP contribution >= 0.6 is 0 Å². The third-order valence-electron chi connectivity index (χ3n) is 3.27. The molecule has 0 amide bonds. The van der Waals surface area contributed by atoms with Gasteiger partial charge in [0, 0.05) is 18.8 Å². The van der Waals surface area contributed by atoms with E-state index in [4.69, 9.17) is 5.73 Å². The Hall–Kier alpha value is -1.46. The molecule has 1 saturated heterocycles. The van der Waals surface area contributed by atoms with Gasteiger partial charge in [0.2, 0.25) is 0 Å². The number of piperidine rings is 1. The molecule has 100 valence electrons. The Labute approximate surface area is 102 Å². The smallest absolute Gasteiger partial charge is 0.391 e. The summed E-state index contributed by atoms with van der Waals surface area (Å²) in [6.07, 6.45) is -4.16. The van der Waals surface area contributed by atoms with E-state index in [0.717, 1.165) is 0 Å². The van der Waals surface area contributed by atoms with Crippen molar-refractivity contribution >= 4 is 11.4 Å². The number of anilines is 2. The molecule has 1 aromatic rings. The van der Waals surface area contributed by atoms with Gasteiger partial charge in [-0.2, -0.15) is 13.2 Å². The highest BCUT2D eigenvalue weighted by Gasteiger charge is 2.41. The van der Waals surface area contributed by atoms with Crippen LogP contribution in [0.2, 0.25) is 0 Å². The zero-order valence-electron chi connectivity index (χ0n) is 9.67. The second kappa shape index (κ2) is 4.66. The number of nitrogens with zero attached hydrogens (tertiary/aromatic N) is 1. The molecule has 1 fully saturated rings. The normalized spacial score (nSPS) is 18.1. The summed E-state index contributed by atoms with van der Waals surface area (Å²) in [4.78, 5) is 1.62. The standard InChI is InChI=1S/C12H14F4N2/c13-10-2-1-9(17)7-11(10)18-5-3-8(4-6-18)12(14,15)16/h1-2,7-8H,3-6,17H2. The van der Waals surface area contributed by atoms with E-state index in [1.165, 1.54) is 18.2 Å². The molecular weight excluding hydrogens is 248 g/mol. The SMILES string of the molecule is Nc1ccc(F)c(N2CCC(C(F)(F)F)CC2)c1. The fourth-order valence-electron chi connectivity index (χ4n) is 2.22. The van der Waals surface area contributed by atoms with Crippen molar-refractivity contribution in [1.82, 2.24) is 0 Å². The zero-order chi connectivity index (χ0) is 13.3. The van der Waals surface area contributed by atoms with Crippen LogP contribution in [0.1, 0.15) is 12.8 Å². The van der Waals surface area contributed by atoms with Crippen LogP contribution in [0.5, 0.6) is 0 Å².